The predicted molar refractivity (Wildman–Crippen MR) is 109 cm³/mol. The molecular weight excluding hydrogens is 376 g/mol. The Balaban J connectivity index is 1.30. The zero-order valence-corrected chi connectivity index (χ0v) is 16.5. The van der Waals surface area contributed by atoms with Gasteiger partial charge in [-0.2, -0.15) is 0 Å². The largest absolute Gasteiger partial charge is 0.353 e. The molecule has 0 bridgehead atoms. The fraction of sp³-hybridized carbons (Fsp3) is 0.381. The van der Waals surface area contributed by atoms with Crippen LogP contribution in [-0.4, -0.2) is 47.9 Å². The molecule has 1 saturated carbocycles. The lowest BCUT2D eigenvalue weighted by Crippen LogP contribution is -2.49. The van der Waals surface area contributed by atoms with Crippen molar-refractivity contribution in [2.75, 3.05) is 36.4 Å². The predicted octanol–water partition coefficient (Wildman–Crippen LogP) is 2.97. The molecule has 1 aromatic heterocycles. The molecule has 2 unspecified atom stereocenters. The molecule has 2 amide bonds. The molecule has 28 heavy (non-hydrogen) atoms. The molecule has 0 radical (unpaired) electrons. The Bertz CT molecular complexity index is 881. The van der Waals surface area contributed by atoms with E-state index < -0.39 is 0 Å². The fourth-order valence-electron chi connectivity index (χ4n) is 3.64. The van der Waals surface area contributed by atoms with Crippen molar-refractivity contribution < 1.29 is 9.59 Å². The van der Waals surface area contributed by atoms with Crippen LogP contribution in [0.5, 0.6) is 0 Å². The third-order valence-electron chi connectivity index (χ3n) is 5.47. The van der Waals surface area contributed by atoms with Gasteiger partial charge in [-0.15, -0.1) is 0 Å². The molecule has 6 nitrogen and oxygen atoms in total. The zero-order valence-electron chi connectivity index (χ0n) is 15.8. The highest BCUT2D eigenvalue weighted by Crippen LogP contribution is 2.41. The number of anilines is 2. The van der Waals surface area contributed by atoms with Crippen molar-refractivity contribution in [2.24, 2.45) is 11.8 Å². The van der Waals surface area contributed by atoms with Gasteiger partial charge in [-0.1, -0.05) is 23.7 Å². The summed E-state index contributed by atoms with van der Waals surface area (Å²) in [6.07, 6.45) is 2.40. The molecule has 1 saturated heterocycles. The van der Waals surface area contributed by atoms with Crippen molar-refractivity contribution in [3.05, 3.63) is 53.2 Å². The lowest BCUT2D eigenvalue weighted by Gasteiger charge is -2.35. The molecule has 146 valence electrons. The third kappa shape index (κ3) is 3.97. The quantitative estimate of drug-likeness (QED) is 0.859. The van der Waals surface area contributed by atoms with Gasteiger partial charge in [0.2, 0.25) is 11.8 Å². The maximum atomic E-state index is 12.8. The van der Waals surface area contributed by atoms with Crippen LogP contribution in [0, 0.1) is 18.8 Å². The molecule has 1 aliphatic heterocycles. The van der Waals surface area contributed by atoms with E-state index in [1.54, 1.807) is 18.3 Å². The molecule has 4 rings (SSSR count). The van der Waals surface area contributed by atoms with Crippen LogP contribution < -0.4 is 10.2 Å². The summed E-state index contributed by atoms with van der Waals surface area (Å²) < 4.78 is 0. The number of nitrogens with zero attached hydrogens (tertiary/aromatic N) is 3. The zero-order chi connectivity index (χ0) is 19.7. The fourth-order valence-corrected chi connectivity index (χ4v) is 3.82. The Labute approximate surface area is 169 Å². The minimum absolute atomic E-state index is 0.0867. The van der Waals surface area contributed by atoms with Crippen molar-refractivity contribution in [3.8, 4) is 0 Å². The minimum atomic E-state index is -0.250. The highest BCUT2D eigenvalue weighted by molar-refractivity contribution is 6.31. The molecule has 1 aliphatic carbocycles. The Kier molecular flexibility index (Phi) is 5.22. The number of rotatable bonds is 4. The highest BCUT2D eigenvalue weighted by Gasteiger charge is 2.49. The first-order valence-electron chi connectivity index (χ1n) is 9.55. The number of pyridine rings is 1. The second kappa shape index (κ2) is 7.80. The number of piperazine rings is 1. The molecular formula is C21H23ClN4O2. The second-order valence-electron chi connectivity index (χ2n) is 7.40. The van der Waals surface area contributed by atoms with Crippen molar-refractivity contribution in [1.82, 2.24) is 9.88 Å². The number of hydrogen-bond acceptors (Lipinski definition) is 4. The summed E-state index contributed by atoms with van der Waals surface area (Å²) in [6, 6.07) is 11.2. The van der Waals surface area contributed by atoms with E-state index in [9.17, 15) is 9.59 Å². The van der Waals surface area contributed by atoms with E-state index in [2.05, 4.69) is 15.2 Å². The van der Waals surface area contributed by atoms with E-state index in [4.69, 9.17) is 11.6 Å². The Morgan fingerprint density at radius 2 is 1.89 bits per heavy atom. The maximum Gasteiger partial charge on any atom is 0.228 e. The monoisotopic (exact) mass is 398 g/mol. The molecule has 7 heteroatoms. The number of aryl methyl sites for hydroxylation is 1. The van der Waals surface area contributed by atoms with Gasteiger partial charge in [0.05, 0.1) is 11.8 Å². The summed E-state index contributed by atoms with van der Waals surface area (Å²) in [4.78, 5) is 33.7. The molecule has 2 aliphatic rings. The number of amides is 2. The first kappa shape index (κ1) is 18.7. The van der Waals surface area contributed by atoms with E-state index in [0.29, 0.717) is 30.2 Å². The third-order valence-corrected chi connectivity index (χ3v) is 5.70. The summed E-state index contributed by atoms with van der Waals surface area (Å²) in [7, 11) is 0. The summed E-state index contributed by atoms with van der Waals surface area (Å²) in [6.45, 7) is 4.76. The number of aromatic nitrogens is 1. The van der Waals surface area contributed by atoms with Gasteiger partial charge < -0.3 is 15.1 Å². The average molecular weight is 399 g/mol. The molecule has 0 spiro atoms. The maximum absolute atomic E-state index is 12.8. The van der Waals surface area contributed by atoms with E-state index in [0.717, 1.165) is 24.5 Å². The number of carbonyl (C=O) groups is 2. The van der Waals surface area contributed by atoms with Gasteiger partial charge in [-0.05, 0) is 43.2 Å². The van der Waals surface area contributed by atoms with Gasteiger partial charge in [-0.3, -0.25) is 9.59 Å². The molecule has 2 atom stereocenters. The minimum Gasteiger partial charge on any atom is -0.353 e. The summed E-state index contributed by atoms with van der Waals surface area (Å²) in [5.41, 5.74) is 1.66. The Hall–Kier alpha value is -2.60. The van der Waals surface area contributed by atoms with Crippen LogP contribution in [0.2, 0.25) is 5.02 Å². The highest BCUT2D eigenvalue weighted by atomic mass is 35.5. The van der Waals surface area contributed by atoms with Gasteiger partial charge in [0.15, 0.2) is 0 Å². The van der Waals surface area contributed by atoms with Crippen LogP contribution in [0.3, 0.4) is 0 Å². The molecule has 2 heterocycles. The second-order valence-corrected chi connectivity index (χ2v) is 7.83. The topological polar surface area (TPSA) is 65.5 Å². The van der Waals surface area contributed by atoms with Crippen molar-refractivity contribution in [2.45, 2.75) is 13.3 Å². The normalized spacial score (nSPS) is 21.4. The van der Waals surface area contributed by atoms with Gasteiger partial charge in [0.1, 0.15) is 5.82 Å². The van der Waals surface area contributed by atoms with Gasteiger partial charge in [0.25, 0.3) is 0 Å². The first-order valence-corrected chi connectivity index (χ1v) is 9.92. The summed E-state index contributed by atoms with van der Waals surface area (Å²) in [5.74, 6) is 0.468. The smallest absolute Gasteiger partial charge is 0.228 e. The van der Waals surface area contributed by atoms with Crippen LogP contribution >= 0.6 is 11.6 Å². The van der Waals surface area contributed by atoms with Crippen molar-refractivity contribution in [3.63, 3.8) is 0 Å². The average Bonchev–Trinajstić information content (AvgIpc) is 3.52. The van der Waals surface area contributed by atoms with Gasteiger partial charge >= 0.3 is 0 Å². The van der Waals surface area contributed by atoms with E-state index >= 15 is 0 Å². The summed E-state index contributed by atoms with van der Waals surface area (Å²) >= 11 is 6.01. The van der Waals surface area contributed by atoms with Crippen LogP contribution in [0.15, 0.2) is 42.6 Å². The standard InChI is InChI=1S/C21H23ClN4O2/c1-14-5-6-15(22)12-18(14)24-20(27)16-13-17(16)21(28)26-10-8-25(9-11-26)19-4-2-3-7-23-19/h2-7,12,16-17H,8-11,13H2,1H3,(H,24,27). The molecule has 2 fully saturated rings. The van der Waals surface area contributed by atoms with Gasteiger partial charge in [0, 0.05) is 43.1 Å². The van der Waals surface area contributed by atoms with E-state index in [-0.39, 0.29) is 23.7 Å². The number of benzene rings is 1. The summed E-state index contributed by atoms with van der Waals surface area (Å²) in [5, 5.41) is 3.50. The van der Waals surface area contributed by atoms with E-state index in [1.165, 1.54) is 0 Å². The Morgan fingerprint density at radius 3 is 2.61 bits per heavy atom. The lowest BCUT2D eigenvalue weighted by molar-refractivity contribution is -0.134. The SMILES string of the molecule is Cc1ccc(Cl)cc1NC(=O)C1CC1C(=O)N1CCN(c2ccccn2)CC1. The number of hydrogen-bond donors (Lipinski definition) is 1. The lowest BCUT2D eigenvalue weighted by atomic mass is 10.2. The molecule has 2 aromatic rings. The molecule has 1 N–H and O–H groups in total. The van der Waals surface area contributed by atoms with Crippen LogP contribution in [0.25, 0.3) is 0 Å². The van der Waals surface area contributed by atoms with Crippen LogP contribution in [-0.2, 0) is 9.59 Å². The van der Waals surface area contributed by atoms with Crippen LogP contribution in [0.1, 0.15) is 12.0 Å². The van der Waals surface area contributed by atoms with Crippen LogP contribution in [0.4, 0.5) is 11.5 Å². The van der Waals surface area contributed by atoms with Crippen molar-refractivity contribution >= 4 is 34.9 Å². The first-order chi connectivity index (χ1) is 13.5. The Morgan fingerprint density at radius 1 is 1.11 bits per heavy atom. The van der Waals surface area contributed by atoms with Gasteiger partial charge in [-0.25, -0.2) is 4.98 Å². The van der Waals surface area contributed by atoms with E-state index in [1.807, 2.05) is 36.1 Å². The molecule has 1 aromatic carbocycles. The number of halogens is 1. The van der Waals surface area contributed by atoms with Crippen molar-refractivity contribution in [1.29, 1.82) is 0 Å². The number of nitrogens with one attached hydrogen (secondary N) is 1. The number of carbonyl (C=O) groups excluding carboxylic acids is 2.